The fourth-order valence-corrected chi connectivity index (χ4v) is 3.57. The smallest absolute Gasteiger partial charge is 0.302 e. The standard InChI is InChI=1S/C5H5N2OSe.H5O10P3/c1-3-2-6-5(9)7-4(3)8;1-11(2,3)9-13(7,8)10-12(4,5)6/h2H,1H3,(H,6,7,8);(H,7,8)(H2,1,2,3)(H2,4,5,6). The van der Waals surface area contributed by atoms with Crippen molar-refractivity contribution in [3.8, 4) is 0 Å². The van der Waals surface area contributed by atoms with Gasteiger partial charge in [0.15, 0.2) is 0 Å². The van der Waals surface area contributed by atoms with Crippen LogP contribution in [-0.2, 0) is 22.3 Å². The maximum Gasteiger partial charge on any atom is 0.490 e. The van der Waals surface area contributed by atoms with Crippen molar-refractivity contribution < 1.29 is 46.8 Å². The van der Waals surface area contributed by atoms with Crippen LogP contribution in [0, 0.1) is 6.92 Å². The predicted molar refractivity (Wildman–Crippen MR) is 71.1 cm³/mol. The maximum atomic E-state index is 10.7. The third-order valence-corrected chi connectivity index (χ3v) is 5.16. The fourth-order valence-electron chi connectivity index (χ4n) is 0.726. The van der Waals surface area contributed by atoms with Crippen LogP contribution in [0.25, 0.3) is 0 Å². The average Bonchev–Trinajstić information content (AvgIpc) is 2.17. The molecule has 0 aliphatic heterocycles. The van der Waals surface area contributed by atoms with Crippen LogP contribution < -0.4 is 10.3 Å². The van der Waals surface area contributed by atoms with E-state index in [9.17, 15) is 18.5 Å². The summed E-state index contributed by atoms with van der Waals surface area (Å²) in [6.07, 6.45) is 1.53. The number of aromatic nitrogens is 2. The van der Waals surface area contributed by atoms with Crippen LogP contribution in [0.1, 0.15) is 5.56 Å². The first-order valence-corrected chi connectivity index (χ1v) is 10.1. The van der Waals surface area contributed by atoms with Crippen LogP contribution in [0.4, 0.5) is 0 Å². The zero-order valence-electron chi connectivity index (χ0n) is 10.5. The molecule has 0 aromatic carbocycles. The number of H-pyrrole nitrogens is 1. The van der Waals surface area contributed by atoms with Crippen LogP contribution in [0.5, 0.6) is 0 Å². The minimum absolute atomic E-state index is 0.0845. The van der Waals surface area contributed by atoms with Gasteiger partial charge in [-0.2, -0.15) is 8.62 Å². The monoisotopic (exact) mass is 447 g/mol. The second kappa shape index (κ2) is 8.07. The van der Waals surface area contributed by atoms with Crippen molar-refractivity contribution in [2.24, 2.45) is 0 Å². The van der Waals surface area contributed by atoms with E-state index >= 15 is 0 Å². The summed E-state index contributed by atoms with van der Waals surface area (Å²) >= 11 is 2.60. The zero-order valence-corrected chi connectivity index (χ0v) is 14.9. The molecule has 0 aliphatic rings. The molecule has 0 spiro atoms. The van der Waals surface area contributed by atoms with Crippen molar-refractivity contribution in [1.29, 1.82) is 0 Å². The molecule has 0 aliphatic carbocycles. The van der Waals surface area contributed by atoms with E-state index in [2.05, 4.69) is 34.6 Å². The Hall–Kier alpha value is -0.191. The number of hydrogen-bond donors (Lipinski definition) is 6. The molecule has 0 saturated carbocycles. The zero-order chi connectivity index (χ0) is 17.8. The number of hydrogen-bond acceptors (Lipinski definition) is 7. The summed E-state index contributed by atoms with van der Waals surface area (Å²) in [6, 6.07) is 0. The Morgan fingerprint density at radius 2 is 1.50 bits per heavy atom. The average molecular weight is 446 g/mol. The van der Waals surface area contributed by atoms with Crippen LogP contribution in [0.2, 0.25) is 0 Å². The predicted octanol–water partition coefficient (Wildman–Crippen LogP) is -1.82. The van der Waals surface area contributed by atoms with E-state index < -0.39 is 23.5 Å². The normalized spacial score (nSPS) is 12.5. The van der Waals surface area contributed by atoms with E-state index in [0.29, 0.717) is 10.3 Å². The first-order chi connectivity index (χ1) is 9.61. The quantitative estimate of drug-likeness (QED) is 0.223. The van der Waals surface area contributed by atoms with Gasteiger partial charge in [0.05, 0.1) is 0 Å². The molecule has 0 saturated heterocycles. The molecular formula is C5H10N2O11P3Se. The first-order valence-electron chi connectivity index (χ1n) is 4.71. The molecule has 1 heterocycles. The number of phosphoric acid groups is 3. The minimum Gasteiger partial charge on any atom is -0.302 e. The van der Waals surface area contributed by atoms with Crippen LogP contribution in [0.15, 0.2) is 11.0 Å². The molecule has 0 bridgehead atoms. The summed E-state index contributed by atoms with van der Waals surface area (Å²) in [5.41, 5.74) is 0.549. The number of rotatable bonds is 4. The summed E-state index contributed by atoms with van der Waals surface area (Å²) in [5, 5.41) is 0. The van der Waals surface area contributed by atoms with Crippen molar-refractivity contribution >= 4 is 44.2 Å². The van der Waals surface area contributed by atoms with Gasteiger partial charge in [-0.05, 0) is 0 Å². The summed E-state index contributed by atoms with van der Waals surface area (Å²) in [6.45, 7) is 1.71. The Kier molecular flexibility index (Phi) is 8.00. The summed E-state index contributed by atoms with van der Waals surface area (Å²) < 4.78 is 36.9. The fraction of sp³-hybridized carbons (Fsp3) is 0.200. The van der Waals surface area contributed by atoms with E-state index in [1.165, 1.54) is 6.20 Å². The van der Waals surface area contributed by atoms with E-state index in [-0.39, 0.29) is 5.56 Å². The van der Waals surface area contributed by atoms with Gasteiger partial charge in [0, 0.05) is 0 Å². The number of nitrogens with one attached hydrogen (secondary N) is 1. The van der Waals surface area contributed by atoms with Crippen molar-refractivity contribution in [3.63, 3.8) is 0 Å². The van der Waals surface area contributed by atoms with Gasteiger partial charge in [0.25, 0.3) is 0 Å². The van der Waals surface area contributed by atoms with Gasteiger partial charge in [0.1, 0.15) is 0 Å². The Morgan fingerprint density at radius 3 is 1.77 bits per heavy atom. The molecule has 0 amide bonds. The molecule has 127 valence electrons. The van der Waals surface area contributed by atoms with Crippen molar-refractivity contribution in [1.82, 2.24) is 9.97 Å². The van der Waals surface area contributed by atoms with Gasteiger partial charge < -0.3 is 24.5 Å². The number of aromatic amines is 1. The molecule has 0 fully saturated rings. The van der Waals surface area contributed by atoms with Gasteiger partial charge in [-0.25, -0.2) is 13.7 Å². The van der Waals surface area contributed by atoms with E-state index in [0.717, 1.165) is 0 Å². The summed E-state index contributed by atoms with van der Waals surface area (Å²) in [5.74, 6) is 0. The maximum absolute atomic E-state index is 10.7. The molecular weight excluding hydrogens is 436 g/mol. The van der Waals surface area contributed by atoms with Gasteiger partial charge in [-0.15, -0.1) is 0 Å². The summed E-state index contributed by atoms with van der Waals surface area (Å²) in [4.78, 5) is 57.3. The Labute approximate surface area is 130 Å². The second-order valence-electron chi connectivity index (χ2n) is 3.31. The Balaban J connectivity index is 0.000000425. The van der Waals surface area contributed by atoms with Crippen LogP contribution >= 0.6 is 23.5 Å². The summed E-state index contributed by atoms with van der Waals surface area (Å²) in [7, 11) is -16.2. The molecule has 22 heavy (non-hydrogen) atoms. The minimum atomic E-state index is -5.46. The second-order valence-corrected chi connectivity index (χ2v) is 8.33. The third-order valence-electron chi connectivity index (χ3n) is 1.37. The van der Waals surface area contributed by atoms with Gasteiger partial charge in [-0.1, -0.05) is 0 Å². The Bertz CT molecular complexity index is 678. The SMILES string of the molecule is Cc1cnc([Se])[nH]c1=O.O=P(O)(O)OP(=O)(O)OP(=O)(O)O. The van der Waals surface area contributed by atoms with E-state index in [4.69, 9.17) is 24.5 Å². The van der Waals surface area contributed by atoms with Crippen molar-refractivity contribution in [2.75, 3.05) is 0 Å². The molecule has 1 rings (SSSR count). The molecule has 6 N–H and O–H groups in total. The Morgan fingerprint density at radius 1 is 1.09 bits per heavy atom. The van der Waals surface area contributed by atoms with Crippen molar-refractivity contribution in [3.05, 3.63) is 22.1 Å². The largest absolute Gasteiger partial charge is 0.490 e. The van der Waals surface area contributed by atoms with E-state index in [1.54, 1.807) is 6.92 Å². The number of nitrogens with zero attached hydrogens (tertiary/aromatic N) is 1. The van der Waals surface area contributed by atoms with E-state index in [1.807, 2.05) is 0 Å². The molecule has 17 heteroatoms. The first kappa shape index (κ1) is 21.8. The molecule has 0 atom stereocenters. The van der Waals surface area contributed by atoms with Gasteiger partial charge in [-0.3, -0.25) is 0 Å². The van der Waals surface area contributed by atoms with Crippen LogP contribution in [0.3, 0.4) is 0 Å². The topological polar surface area (TPSA) is 217 Å². The molecule has 1 aromatic rings. The van der Waals surface area contributed by atoms with Crippen LogP contribution in [-0.4, -0.2) is 50.4 Å². The molecule has 0 unspecified atom stereocenters. The molecule has 1 radical (unpaired) electrons. The molecule has 1 aromatic heterocycles. The molecule has 13 nitrogen and oxygen atoms in total. The number of aryl methyl sites for hydroxylation is 1. The van der Waals surface area contributed by atoms with Gasteiger partial charge >= 0.3 is 83.2 Å². The third kappa shape index (κ3) is 11.4. The van der Waals surface area contributed by atoms with Gasteiger partial charge in [0.2, 0.25) is 0 Å². The van der Waals surface area contributed by atoms with Crippen molar-refractivity contribution in [2.45, 2.75) is 6.92 Å².